The zero-order valence-corrected chi connectivity index (χ0v) is 13.9. The summed E-state index contributed by atoms with van der Waals surface area (Å²) in [6.07, 6.45) is 2.17. The van der Waals surface area contributed by atoms with Crippen LogP contribution in [-0.2, 0) is 11.3 Å². The molecule has 0 aliphatic rings. The normalized spacial score (nSPS) is 11.6. The molecule has 0 aliphatic carbocycles. The minimum Gasteiger partial charge on any atom is -0.382 e. The Kier molecular flexibility index (Phi) is 8.86. The van der Waals surface area contributed by atoms with Crippen molar-refractivity contribution in [1.82, 2.24) is 10.6 Å². The van der Waals surface area contributed by atoms with Gasteiger partial charge in [-0.3, -0.25) is 4.99 Å². The molecule has 19 heavy (non-hydrogen) atoms. The molecule has 4 nitrogen and oxygen atoms in total. The van der Waals surface area contributed by atoms with Gasteiger partial charge in [-0.05, 0) is 47.8 Å². The van der Waals surface area contributed by atoms with Crippen LogP contribution in [0.3, 0.4) is 0 Å². The van der Waals surface area contributed by atoms with Gasteiger partial charge in [0.05, 0.1) is 10.3 Å². The van der Waals surface area contributed by atoms with Crippen molar-refractivity contribution in [3.63, 3.8) is 0 Å². The smallest absolute Gasteiger partial charge is 0.191 e. The van der Waals surface area contributed by atoms with E-state index in [4.69, 9.17) is 4.74 Å². The van der Waals surface area contributed by atoms with Gasteiger partial charge < -0.3 is 15.4 Å². The summed E-state index contributed by atoms with van der Waals surface area (Å²) in [4.78, 5) is 5.48. The van der Waals surface area contributed by atoms with E-state index in [0.29, 0.717) is 0 Å². The van der Waals surface area contributed by atoms with Crippen molar-refractivity contribution in [2.45, 2.75) is 26.3 Å². The van der Waals surface area contributed by atoms with Crippen molar-refractivity contribution in [2.75, 3.05) is 26.8 Å². The Labute approximate surface area is 127 Å². The van der Waals surface area contributed by atoms with Crippen LogP contribution in [0.5, 0.6) is 0 Å². The van der Waals surface area contributed by atoms with E-state index in [9.17, 15) is 0 Å². The lowest BCUT2D eigenvalue weighted by molar-refractivity contribution is 0.143. The van der Waals surface area contributed by atoms with Gasteiger partial charge in [0.2, 0.25) is 0 Å². The lowest BCUT2D eigenvalue weighted by atomic mass is 10.3. The molecule has 1 heterocycles. The number of rotatable bonds is 8. The molecule has 0 fully saturated rings. The second-order valence-corrected chi connectivity index (χ2v) is 6.51. The molecule has 2 N–H and O–H groups in total. The molecule has 0 aliphatic heterocycles. The molecular formula is C13H22BrN3OS. The van der Waals surface area contributed by atoms with Crippen molar-refractivity contribution in [3.8, 4) is 0 Å². The fourth-order valence-electron chi connectivity index (χ4n) is 1.52. The maximum absolute atomic E-state index is 5.30. The monoisotopic (exact) mass is 347 g/mol. The SMILES string of the molecule is CCOCCCCNC(=NC)NCc1ccc(Br)s1. The maximum Gasteiger partial charge on any atom is 0.191 e. The third kappa shape index (κ3) is 7.54. The Morgan fingerprint density at radius 2 is 2.21 bits per heavy atom. The van der Waals surface area contributed by atoms with Crippen LogP contribution >= 0.6 is 27.3 Å². The quantitative estimate of drug-likeness (QED) is 0.431. The molecule has 108 valence electrons. The van der Waals surface area contributed by atoms with Gasteiger partial charge in [-0.1, -0.05) is 0 Å². The highest BCUT2D eigenvalue weighted by Gasteiger charge is 2.00. The minimum atomic E-state index is 0.799. The van der Waals surface area contributed by atoms with Crippen LogP contribution in [0.1, 0.15) is 24.6 Å². The summed E-state index contributed by atoms with van der Waals surface area (Å²) >= 11 is 5.19. The summed E-state index contributed by atoms with van der Waals surface area (Å²) in [5.74, 6) is 0.848. The molecule has 0 spiro atoms. The Bertz CT molecular complexity index is 382. The van der Waals surface area contributed by atoms with E-state index in [1.807, 2.05) is 6.92 Å². The number of halogens is 1. The lowest BCUT2D eigenvalue weighted by Crippen LogP contribution is -2.37. The number of nitrogens with one attached hydrogen (secondary N) is 2. The van der Waals surface area contributed by atoms with Gasteiger partial charge in [0.15, 0.2) is 5.96 Å². The fraction of sp³-hybridized carbons (Fsp3) is 0.615. The van der Waals surface area contributed by atoms with Gasteiger partial charge in [0.1, 0.15) is 0 Å². The van der Waals surface area contributed by atoms with Gasteiger partial charge in [-0.15, -0.1) is 11.3 Å². The van der Waals surface area contributed by atoms with Crippen molar-refractivity contribution < 1.29 is 4.74 Å². The van der Waals surface area contributed by atoms with E-state index in [1.165, 1.54) is 4.88 Å². The van der Waals surface area contributed by atoms with Gasteiger partial charge >= 0.3 is 0 Å². The molecule has 1 aromatic rings. The number of hydrogen-bond acceptors (Lipinski definition) is 3. The van der Waals surface area contributed by atoms with Crippen LogP contribution in [0.4, 0.5) is 0 Å². The Balaban J connectivity index is 2.12. The molecule has 1 rings (SSSR count). The van der Waals surface area contributed by atoms with E-state index in [2.05, 4.69) is 43.7 Å². The molecule has 0 aromatic carbocycles. The zero-order valence-electron chi connectivity index (χ0n) is 11.5. The highest BCUT2D eigenvalue weighted by Crippen LogP contribution is 2.21. The second kappa shape index (κ2) is 10.2. The number of hydrogen-bond donors (Lipinski definition) is 2. The first kappa shape index (κ1) is 16.5. The average Bonchev–Trinajstić information content (AvgIpc) is 2.83. The number of unbranched alkanes of at least 4 members (excludes halogenated alkanes) is 1. The Morgan fingerprint density at radius 1 is 1.37 bits per heavy atom. The third-order valence-electron chi connectivity index (χ3n) is 2.49. The fourth-order valence-corrected chi connectivity index (χ4v) is 2.94. The van der Waals surface area contributed by atoms with Gasteiger partial charge in [-0.2, -0.15) is 0 Å². The van der Waals surface area contributed by atoms with Crippen LogP contribution in [0.25, 0.3) is 0 Å². The molecule has 1 aromatic heterocycles. The van der Waals surface area contributed by atoms with Gasteiger partial charge in [-0.25, -0.2) is 0 Å². The molecular weight excluding hydrogens is 326 g/mol. The summed E-state index contributed by atoms with van der Waals surface area (Å²) in [5, 5.41) is 6.60. The number of ether oxygens (including phenoxy) is 1. The predicted molar refractivity (Wildman–Crippen MR) is 85.9 cm³/mol. The molecule has 0 radical (unpaired) electrons. The Hall–Kier alpha value is -0.590. The lowest BCUT2D eigenvalue weighted by Gasteiger charge is -2.11. The summed E-state index contributed by atoms with van der Waals surface area (Å²) < 4.78 is 6.45. The summed E-state index contributed by atoms with van der Waals surface area (Å²) in [7, 11) is 1.79. The molecule has 0 saturated carbocycles. The van der Waals surface area contributed by atoms with Gasteiger partial charge in [0.25, 0.3) is 0 Å². The number of aliphatic imine (C=N–C) groups is 1. The summed E-state index contributed by atoms with van der Waals surface area (Å²) in [6.45, 7) is 5.38. The first-order valence-corrected chi connectivity index (χ1v) is 8.13. The van der Waals surface area contributed by atoms with Crippen LogP contribution in [-0.4, -0.2) is 32.8 Å². The summed E-state index contributed by atoms with van der Waals surface area (Å²) in [6, 6.07) is 4.17. The molecule has 0 saturated heterocycles. The molecule has 0 unspecified atom stereocenters. The van der Waals surface area contributed by atoms with Crippen molar-refractivity contribution in [1.29, 1.82) is 0 Å². The van der Waals surface area contributed by atoms with E-state index in [1.54, 1.807) is 18.4 Å². The largest absolute Gasteiger partial charge is 0.382 e. The molecule has 6 heteroatoms. The number of nitrogens with zero attached hydrogens (tertiary/aromatic N) is 1. The topological polar surface area (TPSA) is 45.6 Å². The molecule has 0 bridgehead atoms. The van der Waals surface area contributed by atoms with E-state index in [0.717, 1.165) is 48.9 Å². The van der Waals surface area contributed by atoms with E-state index >= 15 is 0 Å². The Morgan fingerprint density at radius 3 is 2.84 bits per heavy atom. The zero-order chi connectivity index (χ0) is 13.9. The van der Waals surface area contributed by atoms with Crippen molar-refractivity contribution in [2.24, 2.45) is 4.99 Å². The van der Waals surface area contributed by atoms with Crippen LogP contribution in [0.2, 0.25) is 0 Å². The first-order valence-electron chi connectivity index (χ1n) is 6.52. The highest BCUT2D eigenvalue weighted by molar-refractivity contribution is 9.11. The summed E-state index contributed by atoms with van der Waals surface area (Å²) in [5.41, 5.74) is 0. The highest BCUT2D eigenvalue weighted by atomic mass is 79.9. The minimum absolute atomic E-state index is 0.799. The maximum atomic E-state index is 5.30. The predicted octanol–water partition coefficient (Wildman–Crippen LogP) is 2.99. The first-order chi connectivity index (χ1) is 9.26. The standard InChI is InChI=1S/C13H22BrN3OS/c1-3-18-9-5-4-8-16-13(15-2)17-10-11-6-7-12(14)19-11/h6-7H,3-5,8-10H2,1-2H3,(H2,15,16,17). The number of guanidine groups is 1. The van der Waals surface area contributed by atoms with E-state index < -0.39 is 0 Å². The molecule has 0 amide bonds. The number of thiophene rings is 1. The van der Waals surface area contributed by atoms with E-state index in [-0.39, 0.29) is 0 Å². The van der Waals surface area contributed by atoms with Crippen molar-refractivity contribution in [3.05, 3.63) is 20.8 Å². The van der Waals surface area contributed by atoms with Crippen LogP contribution < -0.4 is 10.6 Å². The third-order valence-corrected chi connectivity index (χ3v) is 4.12. The second-order valence-electron chi connectivity index (χ2n) is 3.96. The van der Waals surface area contributed by atoms with Crippen LogP contribution in [0.15, 0.2) is 20.9 Å². The van der Waals surface area contributed by atoms with Gasteiger partial charge in [0, 0.05) is 31.7 Å². The molecule has 0 atom stereocenters. The van der Waals surface area contributed by atoms with Crippen LogP contribution in [0, 0.1) is 0 Å². The average molecular weight is 348 g/mol. The van der Waals surface area contributed by atoms with Crippen molar-refractivity contribution >= 4 is 33.2 Å².